The Morgan fingerprint density at radius 1 is 0.604 bits per heavy atom. The molecule has 48 heavy (non-hydrogen) atoms. The molecule has 0 saturated heterocycles. The summed E-state index contributed by atoms with van der Waals surface area (Å²) in [6.45, 7) is 8.87. The Bertz CT molecular complexity index is 1450. The van der Waals surface area contributed by atoms with Crippen molar-refractivity contribution in [2.45, 2.75) is 66.2 Å². The molecule has 0 aromatic heterocycles. The Kier molecular flexibility index (Phi) is 13.6. The van der Waals surface area contributed by atoms with Crippen LogP contribution < -0.4 is 9.47 Å². The normalized spacial score (nSPS) is 20.2. The van der Waals surface area contributed by atoms with Crippen molar-refractivity contribution in [3.8, 4) is 11.5 Å². The van der Waals surface area contributed by atoms with Crippen LogP contribution in [0.15, 0.2) is 12.1 Å². The number of benzene rings is 2. The minimum Gasteiger partial charge on any atom is -0.462 e. The fraction of sp³-hybridized carbons (Fsp3) is 0.529. The molecule has 0 atom stereocenters. The van der Waals surface area contributed by atoms with Crippen LogP contribution in [0.25, 0.3) is 0 Å². The number of hydrogen-bond donors (Lipinski definition) is 0. The largest absolute Gasteiger partial charge is 0.462 e. The maximum atomic E-state index is 13.1. The predicted octanol–water partition coefficient (Wildman–Crippen LogP) is 10.6. The van der Waals surface area contributed by atoms with Crippen LogP contribution in [-0.2, 0) is 19.1 Å². The van der Waals surface area contributed by atoms with Crippen molar-refractivity contribution < 1.29 is 38.1 Å². The van der Waals surface area contributed by atoms with Gasteiger partial charge < -0.3 is 18.9 Å². The van der Waals surface area contributed by atoms with Gasteiger partial charge in [0, 0.05) is 0 Å². The molecule has 14 heteroatoms. The Hall–Kier alpha value is -1.94. The van der Waals surface area contributed by atoms with E-state index in [1.54, 1.807) is 0 Å². The molecule has 2 saturated carbocycles. The molecule has 2 aliphatic carbocycles. The molecule has 262 valence electrons. The monoisotopic (exact) mass is 782 g/mol. The van der Waals surface area contributed by atoms with Crippen molar-refractivity contribution in [2.75, 3.05) is 13.2 Å². The lowest BCUT2D eigenvalue weighted by Gasteiger charge is -2.38. The van der Waals surface area contributed by atoms with Gasteiger partial charge in [0.1, 0.15) is 11.1 Å². The molecule has 0 spiro atoms. The molecule has 2 aromatic rings. The van der Waals surface area contributed by atoms with Gasteiger partial charge in [-0.2, -0.15) is 0 Å². The van der Waals surface area contributed by atoms with Crippen molar-refractivity contribution in [3.05, 3.63) is 53.4 Å². The van der Waals surface area contributed by atoms with Crippen LogP contribution in [-0.4, -0.2) is 37.1 Å². The van der Waals surface area contributed by atoms with E-state index < -0.39 is 46.5 Å². The Labute approximate surface area is 309 Å². The molecular weight excluding hydrogens is 749 g/mol. The number of carbonyl (C=O) groups is 4. The number of esters is 4. The maximum absolute atomic E-state index is 13.1. The summed E-state index contributed by atoms with van der Waals surface area (Å²) in [4.78, 5) is 52.2. The first-order chi connectivity index (χ1) is 22.6. The van der Waals surface area contributed by atoms with E-state index in [-0.39, 0.29) is 43.3 Å². The van der Waals surface area contributed by atoms with E-state index in [0.29, 0.717) is 48.3 Å². The average Bonchev–Trinajstić information content (AvgIpc) is 2.96. The van der Waals surface area contributed by atoms with Crippen LogP contribution in [0.5, 0.6) is 11.5 Å². The van der Waals surface area contributed by atoms with Crippen LogP contribution >= 0.6 is 69.6 Å². The van der Waals surface area contributed by atoms with Gasteiger partial charge in [0.15, 0.2) is 11.5 Å². The number of rotatable bonds is 12. The van der Waals surface area contributed by atoms with Gasteiger partial charge in [0.05, 0.1) is 43.3 Å². The summed E-state index contributed by atoms with van der Waals surface area (Å²) in [6.07, 6.45) is 5.46. The van der Waals surface area contributed by atoms with E-state index in [0.717, 1.165) is 37.8 Å². The van der Waals surface area contributed by atoms with Crippen molar-refractivity contribution >= 4 is 93.5 Å². The Morgan fingerprint density at radius 3 is 1.25 bits per heavy atom. The second-order valence-corrected chi connectivity index (χ2v) is 15.4. The number of hydrogen-bond acceptors (Lipinski definition) is 8. The topological polar surface area (TPSA) is 105 Å². The molecule has 0 aliphatic heterocycles. The number of ether oxygens (including phenoxy) is 4. The van der Waals surface area contributed by atoms with Crippen LogP contribution in [0, 0.1) is 35.5 Å². The quantitative estimate of drug-likeness (QED) is 0.0907. The summed E-state index contributed by atoms with van der Waals surface area (Å²) >= 11 is 37.4. The molecule has 0 N–H and O–H groups in total. The van der Waals surface area contributed by atoms with E-state index in [1.807, 2.05) is 0 Å². The second-order valence-electron chi connectivity index (χ2n) is 13.0. The maximum Gasteiger partial charge on any atom is 0.423 e. The smallest absolute Gasteiger partial charge is 0.423 e. The van der Waals surface area contributed by atoms with Gasteiger partial charge in [0.25, 0.3) is 0 Å². The van der Waals surface area contributed by atoms with Crippen LogP contribution in [0.4, 0.5) is 0 Å². The first-order valence-electron chi connectivity index (χ1n) is 15.7. The number of halogens is 6. The fourth-order valence-corrected chi connectivity index (χ4v) is 7.34. The molecular formula is C34H36Cl6O8. The van der Waals surface area contributed by atoms with E-state index >= 15 is 0 Å². The van der Waals surface area contributed by atoms with Gasteiger partial charge >= 0.3 is 23.9 Å². The van der Waals surface area contributed by atoms with E-state index in [4.69, 9.17) is 88.6 Å². The van der Waals surface area contributed by atoms with Gasteiger partial charge in [-0.25, -0.2) is 19.2 Å². The molecule has 0 radical (unpaired) electrons. The summed E-state index contributed by atoms with van der Waals surface area (Å²) in [5.41, 5.74) is -0.904. The van der Waals surface area contributed by atoms with Crippen molar-refractivity contribution in [1.82, 2.24) is 0 Å². The van der Waals surface area contributed by atoms with E-state index in [9.17, 15) is 19.2 Å². The lowest BCUT2D eigenvalue weighted by atomic mass is 9.68. The highest BCUT2D eigenvalue weighted by molar-refractivity contribution is 6.47. The van der Waals surface area contributed by atoms with E-state index in [2.05, 4.69) is 27.7 Å². The molecule has 2 aliphatic rings. The third-order valence-corrected chi connectivity index (χ3v) is 11.3. The average molecular weight is 785 g/mol. The van der Waals surface area contributed by atoms with Gasteiger partial charge in [-0.15, -0.1) is 0 Å². The first-order valence-corrected chi connectivity index (χ1v) is 18.0. The molecule has 0 amide bonds. The SMILES string of the molecule is CC(C)C1CC(CCOC(=O)c2c(Cl)c(Cl)cc(Cl)c2OC(=O)C(=O)Oc2c(Cl)cc(Cl)c(Cl)c2C(=O)OCCC2CC(C(C)C)C2)C1. The van der Waals surface area contributed by atoms with Crippen molar-refractivity contribution in [3.63, 3.8) is 0 Å². The summed E-state index contributed by atoms with van der Waals surface area (Å²) in [5.74, 6) is -3.01. The zero-order valence-corrected chi connectivity index (χ0v) is 31.3. The highest BCUT2D eigenvalue weighted by Gasteiger charge is 2.34. The first kappa shape index (κ1) is 38.9. The van der Waals surface area contributed by atoms with Crippen LogP contribution in [0.3, 0.4) is 0 Å². The summed E-state index contributed by atoms with van der Waals surface area (Å²) in [7, 11) is 0. The van der Waals surface area contributed by atoms with Gasteiger partial charge in [0.2, 0.25) is 0 Å². The molecule has 0 bridgehead atoms. The summed E-state index contributed by atoms with van der Waals surface area (Å²) < 4.78 is 21.2. The minimum atomic E-state index is -1.63. The zero-order chi connectivity index (χ0) is 35.4. The second kappa shape index (κ2) is 16.8. The number of carbonyl (C=O) groups excluding carboxylic acids is 4. The molecule has 2 fully saturated rings. The highest BCUT2D eigenvalue weighted by atomic mass is 35.5. The highest BCUT2D eigenvalue weighted by Crippen LogP contribution is 2.44. The Morgan fingerprint density at radius 2 is 0.938 bits per heavy atom. The zero-order valence-electron chi connectivity index (χ0n) is 26.8. The molecule has 0 heterocycles. The van der Waals surface area contributed by atoms with Crippen molar-refractivity contribution in [2.24, 2.45) is 35.5 Å². The lowest BCUT2D eigenvalue weighted by molar-refractivity contribution is -0.156. The molecule has 8 nitrogen and oxygen atoms in total. The predicted molar refractivity (Wildman–Crippen MR) is 186 cm³/mol. The van der Waals surface area contributed by atoms with Gasteiger partial charge in [-0.3, -0.25) is 0 Å². The third-order valence-electron chi connectivity index (χ3n) is 9.17. The summed E-state index contributed by atoms with van der Waals surface area (Å²) in [5, 5.41) is -1.44. The van der Waals surface area contributed by atoms with Crippen molar-refractivity contribution in [1.29, 1.82) is 0 Å². The van der Waals surface area contributed by atoms with Gasteiger partial charge in [-0.05, 0) is 86.2 Å². The van der Waals surface area contributed by atoms with Gasteiger partial charge in [-0.1, -0.05) is 97.3 Å². The van der Waals surface area contributed by atoms with E-state index in [1.165, 1.54) is 0 Å². The summed E-state index contributed by atoms with van der Waals surface area (Å²) in [6, 6.07) is 2.26. The molecule has 0 unspecified atom stereocenters. The molecule has 4 rings (SSSR count). The van der Waals surface area contributed by atoms with Crippen LogP contribution in [0.1, 0.15) is 86.9 Å². The standard InChI is InChI=1S/C34H36Cl6O8/c1-15(2)19-9-17(10-19)5-7-45-31(41)25-27(39)21(35)13-23(37)29(25)47-33(43)34(44)48-30-24(38)14-22(36)28(40)26(30)32(42)46-8-6-18-11-20(12-18)16(3)4/h13-20H,5-12H2,1-4H3. The minimum absolute atomic E-state index is 0.0814. The molecule has 2 aromatic carbocycles. The Balaban J connectivity index is 1.44. The van der Waals surface area contributed by atoms with Crippen LogP contribution in [0.2, 0.25) is 30.1 Å². The lowest BCUT2D eigenvalue weighted by Crippen LogP contribution is -2.29. The third kappa shape index (κ3) is 9.23. The fourth-order valence-electron chi connectivity index (χ4n) is 5.91.